The van der Waals surface area contributed by atoms with Gasteiger partial charge in [0.15, 0.2) is 6.04 Å². The highest BCUT2D eigenvalue weighted by molar-refractivity contribution is 7.44. The number of carbonyl (C=O) groups excluding carboxylic acids is 5. The van der Waals surface area contributed by atoms with Crippen LogP contribution in [-0.2, 0) is 59.6 Å². The first-order chi connectivity index (χ1) is 24.6. The van der Waals surface area contributed by atoms with Crippen molar-refractivity contribution in [2.24, 2.45) is 5.92 Å². The van der Waals surface area contributed by atoms with Gasteiger partial charge >= 0.3 is 11.9 Å². The van der Waals surface area contributed by atoms with E-state index >= 15 is 0 Å². The molecule has 52 heavy (non-hydrogen) atoms. The summed E-state index contributed by atoms with van der Waals surface area (Å²) in [5.41, 5.74) is 2.30. The highest BCUT2D eigenvalue weighted by atomic mass is 32.1. The van der Waals surface area contributed by atoms with Crippen LogP contribution in [-0.4, -0.2) is 87.2 Å². The minimum absolute atomic E-state index is 0.0656. The third-order valence-electron chi connectivity index (χ3n) is 9.71. The van der Waals surface area contributed by atoms with E-state index in [1.807, 2.05) is 37.3 Å². The van der Waals surface area contributed by atoms with Gasteiger partial charge in [-0.15, -0.1) is 0 Å². The molecule has 0 fully saturated rings. The number of nitriles is 1. The van der Waals surface area contributed by atoms with E-state index in [0.717, 1.165) is 26.3 Å². The minimum Gasteiger partial charge on any atom is -0.481 e. The summed E-state index contributed by atoms with van der Waals surface area (Å²) in [6.45, 7) is 6.92. The molecule has 0 spiro atoms. The molecule has 0 aromatic heterocycles. The Bertz CT molecular complexity index is 1780. The molecule has 5 amide bonds. The number of carboxylic acids is 1. The molecule has 0 bridgehead atoms. The van der Waals surface area contributed by atoms with Gasteiger partial charge in [0.05, 0.1) is 12.5 Å². The van der Waals surface area contributed by atoms with E-state index in [2.05, 4.69) is 21.3 Å². The number of carbonyl (C=O) groups is 6. The van der Waals surface area contributed by atoms with Crippen LogP contribution in [0.15, 0.2) is 42.5 Å². The zero-order valence-electron chi connectivity index (χ0n) is 30.0. The van der Waals surface area contributed by atoms with Crippen molar-refractivity contribution in [2.75, 3.05) is 18.9 Å². The van der Waals surface area contributed by atoms with E-state index in [-0.39, 0.29) is 31.7 Å². The second-order valence-corrected chi connectivity index (χ2v) is 14.2. The molecule has 14 nitrogen and oxygen atoms in total. The van der Waals surface area contributed by atoms with Crippen molar-refractivity contribution < 1.29 is 37.8 Å². The summed E-state index contributed by atoms with van der Waals surface area (Å²) in [5, 5.41) is 30.0. The van der Waals surface area contributed by atoms with Crippen molar-refractivity contribution in [3.63, 3.8) is 0 Å². The smallest absolute Gasteiger partial charge is 0.423 e. The van der Waals surface area contributed by atoms with Crippen LogP contribution in [0.2, 0.25) is 0 Å². The van der Waals surface area contributed by atoms with E-state index in [0.29, 0.717) is 18.4 Å². The predicted molar refractivity (Wildman–Crippen MR) is 192 cm³/mol. The van der Waals surface area contributed by atoms with Gasteiger partial charge in [0, 0.05) is 38.0 Å². The zero-order chi connectivity index (χ0) is 38.3. The number of rotatable bonds is 14. The zero-order valence-corrected chi connectivity index (χ0v) is 30.8. The molecular weight excluding hydrogens is 687 g/mol. The number of hydrogen-bond acceptors (Lipinski definition) is 9. The summed E-state index contributed by atoms with van der Waals surface area (Å²) < 4.78 is 0.889. The fourth-order valence-corrected chi connectivity index (χ4v) is 7.33. The topological polar surface area (TPSA) is 201 Å². The Hall–Kier alpha value is -5.23. The van der Waals surface area contributed by atoms with Gasteiger partial charge in [-0.25, -0.2) is 4.79 Å². The Labute approximate surface area is 308 Å². The number of fused-ring (bicyclic) bond motifs is 2. The van der Waals surface area contributed by atoms with Crippen molar-refractivity contribution in [2.45, 2.75) is 95.9 Å². The van der Waals surface area contributed by atoms with Gasteiger partial charge in [-0.2, -0.15) is 5.26 Å². The van der Waals surface area contributed by atoms with Crippen molar-refractivity contribution >= 4 is 53.6 Å². The number of anilines is 1. The van der Waals surface area contributed by atoms with Gasteiger partial charge in [0.1, 0.15) is 17.6 Å². The summed E-state index contributed by atoms with van der Waals surface area (Å²) in [4.78, 5) is 81.4. The summed E-state index contributed by atoms with van der Waals surface area (Å²) in [6, 6.07) is 10.3. The van der Waals surface area contributed by atoms with Crippen LogP contribution in [0.3, 0.4) is 0 Å². The van der Waals surface area contributed by atoms with Crippen LogP contribution in [0.25, 0.3) is 0 Å². The fourth-order valence-electron chi connectivity index (χ4n) is 6.87. The van der Waals surface area contributed by atoms with E-state index in [1.165, 1.54) is 18.9 Å². The summed E-state index contributed by atoms with van der Waals surface area (Å²) in [7, 11) is 1.50. The molecule has 2 aromatic rings. The third-order valence-corrected chi connectivity index (χ3v) is 10.1. The minimum atomic E-state index is -1.71. The summed E-state index contributed by atoms with van der Waals surface area (Å²) in [6.07, 6.45) is 0.550. The van der Waals surface area contributed by atoms with Crippen LogP contribution >= 0.6 is 0 Å². The molecule has 0 saturated carbocycles. The van der Waals surface area contributed by atoms with Gasteiger partial charge in [0.2, 0.25) is 11.8 Å². The molecule has 0 aliphatic carbocycles. The number of aryl methyl sites for hydroxylation is 1. The lowest BCUT2D eigenvalue weighted by Gasteiger charge is -2.45. The number of aliphatic carboxylic acids is 1. The molecule has 2 aliphatic heterocycles. The average Bonchev–Trinajstić information content (AvgIpc) is 3.54. The molecule has 2 heterocycles. The Kier molecular flexibility index (Phi) is 12.8. The standard InChI is InChI=1S/C37H45N7O7S/c1-21(2)32(35(50)43-16-15-23-17-22(3)13-14-26(23)37(43,4)36(51)40-25(20-38)19-31(46)47)44(52)34(49)28(11-8-12-30(45)39-5)42-33(48)29-18-24-9-6-7-10-27(24)41-29/h6-7,9-10,13-14,17,21,25,28-29,32,41H,8,11-12,15-16,18-19H2,1-5H3,(H3-,39,40,42,45,46,47,48,51)/p+1/t25-,28-,29?,32-,37+/m0/s1. The number of para-hydroxylation sites is 1. The molecule has 276 valence electrons. The molecule has 5 N–H and O–H groups in total. The average molecular weight is 733 g/mol. The number of amides is 5. The van der Waals surface area contributed by atoms with E-state index in [4.69, 9.17) is 12.4 Å². The summed E-state index contributed by atoms with van der Waals surface area (Å²) in [5.74, 6) is -4.61. The molecule has 0 saturated heterocycles. The Balaban J connectivity index is 1.65. The molecule has 5 atom stereocenters. The van der Waals surface area contributed by atoms with E-state index in [1.54, 1.807) is 32.0 Å². The first-order valence-corrected chi connectivity index (χ1v) is 17.7. The van der Waals surface area contributed by atoms with Crippen molar-refractivity contribution in [3.05, 3.63) is 64.7 Å². The predicted octanol–water partition coefficient (Wildman–Crippen LogP) is 1.81. The molecule has 2 aliphatic rings. The van der Waals surface area contributed by atoms with Crippen molar-refractivity contribution in [1.82, 2.24) is 20.9 Å². The fraction of sp³-hybridized carbons (Fsp3) is 0.486. The Morgan fingerprint density at radius 1 is 1.12 bits per heavy atom. The second kappa shape index (κ2) is 16.9. The number of benzene rings is 2. The number of nitrogens with one attached hydrogen (secondary N) is 4. The second-order valence-electron chi connectivity index (χ2n) is 13.8. The monoisotopic (exact) mass is 732 g/mol. The van der Waals surface area contributed by atoms with Crippen LogP contribution < -0.4 is 21.3 Å². The lowest BCUT2D eigenvalue weighted by atomic mass is 9.79. The maximum atomic E-state index is 14.7. The van der Waals surface area contributed by atoms with Crippen molar-refractivity contribution in [3.8, 4) is 6.07 Å². The van der Waals surface area contributed by atoms with Gasteiger partial charge in [-0.3, -0.25) is 24.0 Å². The highest BCUT2D eigenvalue weighted by Gasteiger charge is 2.53. The SMILES string of the molecule is CNC(=O)CCC[C@H](NC(=O)C1Cc2ccccc2N1)C(=O)[N+](=S)[C@H](C(=O)N1CCc2cc(C)ccc2[C@]1(C)C(=O)N[C@H](C#N)CC(=O)O)C(C)C. The largest absolute Gasteiger partial charge is 0.481 e. The first-order valence-electron chi connectivity index (χ1n) is 17.3. The lowest BCUT2D eigenvalue weighted by molar-refractivity contribution is -0.460. The molecule has 2 aromatic carbocycles. The number of nitrogens with zero attached hydrogens (tertiary/aromatic N) is 3. The molecule has 0 radical (unpaired) electrons. The Morgan fingerprint density at radius 2 is 1.83 bits per heavy atom. The van der Waals surface area contributed by atoms with Gasteiger partial charge in [-0.05, 0) is 55.9 Å². The molecule has 15 heteroatoms. The third kappa shape index (κ3) is 8.62. The Morgan fingerprint density at radius 3 is 2.46 bits per heavy atom. The van der Waals surface area contributed by atoms with Crippen molar-refractivity contribution in [1.29, 1.82) is 5.26 Å². The summed E-state index contributed by atoms with van der Waals surface area (Å²) >= 11 is 5.70. The number of hydrogen-bond donors (Lipinski definition) is 5. The molecule has 4 rings (SSSR count). The first kappa shape index (κ1) is 39.6. The van der Waals surface area contributed by atoms with Crippen LogP contribution in [0.5, 0.6) is 0 Å². The maximum Gasteiger partial charge on any atom is 0.423 e. The van der Waals surface area contributed by atoms with Gasteiger partial charge in [-0.1, -0.05) is 59.8 Å². The van der Waals surface area contributed by atoms with Crippen LogP contribution in [0, 0.1) is 24.2 Å². The molecule has 1 unspecified atom stereocenters. The van der Waals surface area contributed by atoms with Gasteiger partial charge in [0.25, 0.3) is 30.3 Å². The van der Waals surface area contributed by atoms with Crippen LogP contribution in [0.4, 0.5) is 5.69 Å². The van der Waals surface area contributed by atoms with E-state index in [9.17, 15) is 39.1 Å². The molecular formula is C37H46N7O7S+. The van der Waals surface area contributed by atoms with Gasteiger partial charge < -0.3 is 31.3 Å². The lowest BCUT2D eigenvalue weighted by Crippen LogP contribution is -2.64. The van der Waals surface area contributed by atoms with E-state index < -0.39 is 71.6 Å². The quantitative estimate of drug-likeness (QED) is 0.179. The van der Waals surface area contributed by atoms with Crippen LogP contribution in [0.1, 0.15) is 68.7 Å². The number of carboxylic acid groups (broad SMARTS) is 1. The normalized spacial score (nSPS) is 19.1. The highest BCUT2D eigenvalue weighted by Crippen LogP contribution is 2.38. The maximum absolute atomic E-state index is 14.7.